The smallest absolute Gasteiger partial charge is 0.253 e. The molecular weight excluding hydrogens is 254 g/mol. The minimum atomic E-state index is 0.0394. The topological polar surface area (TPSA) is 54.5 Å². The second-order valence-corrected chi connectivity index (χ2v) is 5.40. The normalized spacial score (nSPS) is 18.6. The lowest BCUT2D eigenvalue weighted by Gasteiger charge is -2.27. The quantitative estimate of drug-likeness (QED) is 0.913. The van der Waals surface area contributed by atoms with Crippen LogP contribution in [0.2, 0.25) is 0 Å². The molecule has 1 unspecified atom stereocenters. The first-order chi connectivity index (χ1) is 9.60. The van der Waals surface area contributed by atoms with E-state index in [1.807, 2.05) is 20.0 Å². The molecule has 110 valence electrons. The Morgan fingerprint density at radius 2 is 2.35 bits per heavy atom. The maximum atomic E-state index is 12.5. The fourth-order valence-electron chi connectivity index (χ4n) is 2.56. The molecule has 2 heterocycles. The van der Waals surface area contributed by atoms with Crippen LogP contribution in [0.1, 0.15) is 28.9 Å². The summed E-state index contributed by atoms with van der Waals surface area (Å²) < 4.78 is 5.47. The summed E-state index contributed by atoms with van der Waals surface area (Å²) in [5.41, 5.74) is 1.52. The highest BCUT2D eigenvalue weighted by molar-refractivity contribution is 5.94. The van der Waals surface area contributed by atoms with Crippen molar-refractivity contribution in [3.63, 3.8) is 0 Å². The van der Waals surface area contributed by atoms with E-state index in [1.165, 1.54) is 0 Å². The van der Waals surface area contributed by atoms with Gasteiger partial charge < -0.3 is 15.0 Å². The fourth-order valence-corrected chi connectivity index (χ4v) is 2.56. The molecule has 1 aliphatic heterocycles. The average molecular weight is 277 g/mol. The Kier molecular flexibility index (Phi) is 4.95. The third kappa shape index (κ3) is 3.70. The number of hydrogen-bond acceptors (Lipinski definition) is 4. The number of hydrogen-bond donors (Lipinski definition) is 1. The minimum Gasteiger partial charge on any atom is -0.381 e. The van der Waals surface area contributed by atoms with Gasteiger partial charge >= 0.3 is 0 Å². The number of aryl methyl sites for hydroxylation is 1. The predicted octanol–water partition coefficient (Wildman–Crippen LogP) is 1.93. The van der Waals surface area contributed by atoms with Crippen molar-refractivity contribution in [1.82, 2.24) is 9.88 Å². The van der Waals surface area contributed by atoms with Crippen LogP contribution in [0.4, 0.5) is 5.82 Å². The van der Waals surface area contributed by atoms with Crippen LogP contribution in [0.5, 0.6) is 0 Å². The molecule has 0 aliphatic carbocycles. The summed E-state index contributed by atoms with van der Waals surface area (Å²) in [5, 5.41) is 2.98. The van der Waals surface area contributed by atoms with E-state index in [2.05, 4.69) is 10.3 Å². The van der Waals surface area contributed by atoms with Crippen LogP contribution in [0.15, 0.2) is 12.1 Å². The molecule has 1 fully saturated rings. The number of ether oxygens (including phenoxy) is 1. The van der Waals surface area contributed by atoms with Crippen LogP contribution >= 0.6 is 0 Å². The van der Waals surface area contributed by atoms with Gasteiger partial charge in [0.25, 0.3) is 5.91 Å². The van der Waals surface area contributed by atoms with Crippen molar-refractivity contribution < 1.29 is 9.53 Å². The zero-order valence-electron chi connectivity index (χ0n) is 12.5. The fraction of sp³-hybridized carbons (Fsp3) is 0.600. The number of rotatable bonds is 4. The molecule has 20 heavy (non-hydrogen) atoms. The van der Waals surface area contributed by atoms with E-state index in [4.69, 9.17) is 4.74 Å². The molecule has 1 aromatic heterocycles. The lowest BCUT2D eigenvalue weighted by atomic mass is 10.0. The van der Waals surface area contributed by atoms with Crippen LogP contribution in [-0.2, 0) is 4.74 Å². The zero-order valence-corrected chi connectivity index (χ0v) is 12.5. The summed E-state index contributed by atoms with van der Waals surface area (Å²) in [5.74, 6) is 1.21. The maximum Gasteiger partial charge on any atom is 0.253 e. The standard InChI is InChI=1S/C15H23N3O2/c1-11-7-13(8-14(16-2)17-11)15(19)18(3)9-12-5-4-6-20-10-12/h7-8,12H,4-6,9-10H2,1-3H3,(H,16,17). The molecule has 0 aromatic carbocycles. The van der Waals surface area contributed by atoms with Gasteiger partial charge in [-0.25, -0.2) is 4.98 Å². The van der Waals surface area contributed by atoms with Crippen molar-refractivity contribution in [3.8, 4) is 0 Å². The molecule has 0 bridgehead atoms. The first-order valence-corrected chi connectivity index (χ1v) is 7.10. The Balaban J connectivity index is 2.03. The first-order valence-electron chi connectivity index (χ1n) is 7.10. The van der Waals surface area contributed by atoms with Crippen molar-refractivity contribution in [2.75, 3.05) is 39.2 Å². The van der Waals surface area contributed by atoms with Gasteiger partial charge in [0, 0.05) is 38.5 Å². The third-order valence-corrected chi connectivity index (χ3v) is 3.59. The molecule has 1 aliphatic rings. The predicted molar refractivity (Wildman–Crippen MR) is 79.0 cm³/mol. The molecule has 1 atom stereocenters. The molecule has 1 N–H and O–H groups in total. The summed E-state index contributed by atoms with van der Waals surface area (Å²) >= 11 is 0. The largest absolute Gasteiger partial charge is 0.381 e. The molecule has 0 spiro atoms. The molecular formula is C15H23N3O2. The van der Waals surface area contributed by atoms with Crippen molar-refractivity contribution >= 4 is 11.7 Å². The van der Waals surface area contributed by atoms with Gasteiger partial charge in [0.1, 0.15) is 5.82 Å². The van der Waals surface area contributed by atoms with Gasteiger partial charge in [-0.3, -0.25) is 4.79 Å². The Hall–Kier alpha value is -1.62. The van der Waals surface area contributed by atoms with E-state index in [0.29, 0.717) is 11.5 Å². The average Bonchev–Trinajstić information content (AvgIpc) is 2.46. The van der Waals surface area contributed by atoms with Gasteiger partial charge in [0.05, 0.1) is 6.61 Å². The monoisotopic (exact) mass is 277 g/mol. The number of carbonyl (C=O) groups excluding carboxylic acids is 1. The second-order valence-electron chi connectivity index (χ2n) is 5.40. The number of pyridine rings is 1. The van der Waals surface area contributed by atoms with Crippen molar-refractivity contribution in [2.45, 2.75) is 19.8 Å². The number of carbonyl (C=O) groups is 1. The number of nitrogens with one attached hydrogen (secondary N) is 1. The summed E-state index contributed by atoms with van der Waals surface area (Å²) in [6.07, 6.45) is 2.22. The van der Waals surface area contributed by atoms with Crippen LogP contribution in [0.25, 0.3) is 0 Å². The highest BCUT2D eigenvalue weighted by Gasteiger charge is 2.20. The molecule has 5 heteroatoms. The van der Waals surface area contributed by atoms with Crippen molar-refractivity contribution in [3.05, 3.63) is 23.4 Å². The summed E-state index contributed by atoms with van der Waals surface area (Å²) in [4.78, 5) is 18.6. The summed E-state index contributed by atoms with van der Waals surface area (Å²) in [6.45, 7) is 4.25. The van der Waals surface area contributed by atoms with Gasteiger partial charge in [-0.05, 0) is 37.8 Å². The van der Waals surface area contributed by atoms with Gasteiger partial charge in [0.15, 0.2) is 0 Å². The van der Waals surface area contributed by atoms with Crippen LogP contribution in [-0.4, -0.2) is 49.6 Å². The SMILES string of the molecule is CNc1cc(C(=O)N(C)CC2CCCOC2)cc(C)n1. The molecule has 0 saturated carbocycles. The minimum absolute atomic E-state index is 0.0394. The Bertz CT molecular complexity index is 470. The Labute approximate surface area is 120 Å². The van der Waals surface area contributed by atoms with E-state index >= 15 is 0 Å². The van der Waals surface area contributed by atoms with E-state index in [0.717, 1.165) is 44.1 Å². The lowest BCUT2D eigenvalue weighted by molar-refractivity contribution is 0.0388. The summed E-state index contributed by atoms with van der Waals surface area (Å²) in [6, 6.07) is 3.63. The Morgan fingerprint density at radius 3 is 3.00 bits per heavy atom. The Morgan fingerprint density at radius 1 is 1.55 bits per heavy atom. The van der Waals surface area contributed by atoms with Gasteiger partial charge in [0.2, 0.25) is 0 Å². The number of aromatic nitrogens is 1. The first kappa shape index (κ1) is 14.8. The van der Waals surface area contributed by atoms with Gasteiger partial charge in [-0.2, -0.15) is 0 Å². The molecule has 5 nitrogen and oxygen atoms in total. The van der Waals surface area contributed by atoms with Gasteiger partial charge in [-0.1, -0.05) is 0 Å². The van der Waals surface area contributed by atoms with E-state index in [-0.39, 0.29) is 5.91 Å². The molecule has 2 rings (SSSR count). The molecule has 0 radical (unpaired) electrons. The number of anilines is 1. The van der Waals surface area contributed by atoms with E-state index < -0.39 is 0 Å². The number of amides is 1. The van der Waals surface area contributed by atoms with Crippen LogP contribution < -0.4 is 5.32 Å². The molecule has 1 saturated heterocycles. The van der Waals surface area contributed by atoms with Gasteiger partial charge in [-0.15, -0.1) is 0 Å². The van der Waals surface area contributed by atoms with Crippen molar-refractivity contribution in [1.29, 1.82) is 0 Å². The number of nitrogens with zero attached hydrogens (tertiary/aromatic N) is 2. The third-order valence-electron chi connectivity index (χ3n) is 3.59. The van der Waals surface area contributed by atoms with E-state index in [1.54, 1.807) is 18.0 Å². The van der Waals surface area contributed by atoms with Crippen LogP contribution in [0.3, 0.4) is 0 Å². The van der Waals surface area contributed by atoms with Crippen LogP contribution in [0, 0.1) is 12.8 Å². The summed E-state index contributed by atoms with van der Waals surface area (Å²) in [7, 11) is 3.66. The lowest BCUT2D eigenvalue weighted by Crippen LogP contribution is -2.35. The molecule has 1 aromatic rings. The van der Waals surface area contributed by atoms with E-state index in [9.17, 15) is 4.79 Å². The zero-order chi connectivity index (χ0) is 14.5. The highest BCUT2D eigenvalue weighted by atomic mass is 16.5. The van der Waals surface area contributed by atoms with Crippen molar-refractivity contribution in [2.24, 2.45) is 5.92 Å². The second kappa shape index (κ2) is 6.70. The highest BCUT2D eigenvalue weighted by Crippen LogP contribution is 2.17. The molecule has 1 amide bonds. The maximum absolute atomic E-state index is 12.5.